The summed E-state index contributed by atoms with van der Waals surface area (Å²) < 4.78 is 0.758. The van der Waals surface area contributed by atoms with Crippen LogP contribution in [-0.4, -0.2) is 23.3 Å². The number of anilines is 1. The summed E-state index contributed by atoms with van der Waals surface area (Å²) in [6.07, 6.45) is 0.476. The van der Waals surface area contributed by atoms with Crippen molar-refractivity contribution >= 4 is 44.1 Å². The maximum atomic E-state index is 13.1. The lowest BCUT2D eigenvalue weighted by Crippen LogP contribution is -2.42. The number of carbonyl (C=O) groups excluding carboxylic acids is 2. The predicted octanol–water partition coefficient (Wildman–Crippen LogP) is 4.82. The number of amides is 1. The van der Waals surface area contributed by atoms with Gasteiger partial charge in [0.05, 0.1) is 12.1 Å². The number of fused-ring (bicyclic) bond motifs is 2. The topological polar surface area (TPSA) is 57.6 Å². The maximum absolute atomic E-state index is 13.1. The molecule has 3 aromatic carbocycles. The lowest BCUT2D eigenvalue weighted by atomic mass is 9.87. The standard InChI is InChI=1S/C23H20BrNO3/c1-2-11-25-20-10-9-18(24)13-19(20)23(28,22(25)27)14-21(26)17-8-7-15-5-3-4-6-16(15)12-17/h3-10,12-13,28H,2,11,14H2,1H3. The first-order valence-corrected chi connectivity index (χ1v) is 10.1. The fourth-order valence-electron chi connectivity index (χ4n) is 3.84. The zero-order chi connectivity index (χ0) is 19.9. The van der Waals surface area contributed by atoms with Crippen molar-refractivity contribution in [3.63, 3.8) is 0 Å². The van der Waals surface area contributed by atoms with Gasteiger partial charge in [-0.1, -0.05) is 59.3 Å². The average molecular weight is 438 g/mol. The molecule has 1 N–H and O–H groups in total. The molecular formula is C23H20BrNO3. The third kappa shape index (κ3) is 3.05. The Labute approximate surface area is 171 Å². The Morgan fingerprint density at radius 3 is 2.57 bits per heavy atom. The molecule has 1 aliphatic rings. The van der Waals surface area contributed by atoms with Gasteiger partial charge in [-0.05, 0) is 41.5 Å². The first-order valence-electron chi connectivity index (χ1n) is 9.30. The summed E-state index contributed by atoms with van der Waals surface area (Å²) in [6.45, 7) is 2.48. The lowest BCUT2D eigenvalue weighted by Gasteiger charge is -2.22. The molecular weight excluding hydrogens is 418 g/mol. The molecule has 1 aliphatic heterocycles. The van der Waals surface area contributed by atoms with E-state index in [9.17, 15) is 14.7 Å². The van der Waals surface area contributed by atoms with Gasteiger partial charge in [0.25, 0.3) is 5.91 Å². The van der Waals surface area contributed by atoms with Crippen LogP contribution in [-0.2, 0) is 10.4 Å². The molecule has 1 heterocycles. The Balaban J connectivity index is 1.72. The average Bonchev–Trinajstić information content (AvgIpc) is 2.89. The third-order valence-corrected chi connectivity index (χ3v) is 5.72. The highest BCUT2D eigenvalue weighted by atomic mass is 79.9. The van der Waals surface area contributed by atoms with Crippen LogP contribution >= 0.6 is 15.9 Å². The fourth-order valence-corrected chi connectivity index (χ4v) is 4.20. The first-order chi connectivity index (χ1) is 13.4. The van der Waals surface area contributed by atoms with Crippen molar-refractivity contribution in [2.24, 2.45) is 0 Å². The summed E-state index contributed by atoms with van der Waals surface area (Å²) in [7, 11) is 0. The second kappa shape index (κ2) is 7.15. The summed E-state index contributed by atoms with van der Waals surface area (Å²) in [5.41, 5.74) is -0.208. The number of halogens is 1. The van der Waals surface area contributed by atoms with Crippen LogP contribution < -0.4 is 4.90 Å². The zero-order valence-corrected chi connectivity index (χ0v) is 17.1. The van der Waals surface area contributed by atoms with E-state index in [2.05, 4.69) is 15.9 Å². The highest BCUT2D eigenvalue weighted by Crippen LogP contribution is 2.44. The number of carbonyl (C=O) groups is 2. The van der Waals surface area contributed by atoms with Crippen LogP contribution in [0.3, 0.4) is 0 Å². The van der Waals surface area contributed by atoms with Gasteiger partial charge in [-0.3, -0.25) is 9.59 Å². The summed E-state index contributed by atoms with van der Waals surface area (Å²) in [4.78, 5) is 27.7. The molecule has 4 nitrogen and oxygen atoms in total. The number of rotatable bonds is 5. The van der Waals surface area contributed by atoms with Gasteiger partial charge >= 0.3 is 0 Å². The fraction of sp³-hybridized carbons (Fsp3) is 0.217. The molecule has 0 fully saturated rings. The molecule has 5 heteroatoms. The second-order valence-corrected chi connectivity index (χ2v) is 8.06. The number of hydrogen-bond acceptors (Lipinski definition) is 3. The van der Waals surface area contributed by atoms with Crippen LogP contribution in [0.15, 0.2) is 65.1 Å². The van der Waals surface area contributed by atoms with Gasteiger partial charge in [0.15, 0.2) is 11.4 Å². The molecule has 4 rings (SSSR count). The van der Waals surface area contributed by atoms with E-state index in [4.69, 9.17) is 0 Å². The van der Waals surface area contributed by atoms with Crippen LogP contribution in [0.1, 0.15) is 35.7 Å². The van der Waals surface area contributed by atoms with Crippen molar-refractivity contribution < 1.29 is 14.7 Å². The van der Waals surface area contributed by atoms with Gasteiger partial charge in [-0.2, -0.15) is 0 Å². The Morgan fingerprint density at radius 1 is 1.07 bits per heavy atom. The number of nitrogens with zero attached hydrogens (tertiary/aromatic N) is 1. The van der Waals surface area contributed by atoms with Crippen LogP contribution in [0, 0.1) is 0 Å². The van der Waals surface area contributed by atoms with E-state index in [0.717, 1.165) is 21.7 Å². The van der Waals surface area contributed by atoms with Crippen LogP contribution in [0.4, 0.5) is 5.69 Å². The normalized spacial score (nSPS) is 18.5. The molecule has 0 spiro atoms. The quantitative estimate of drug-likeness (QED) is 0.582. The minimum absolute atomic E-state index is 0.258. The number of aliphatic hydroxyl groups is 1. The molecule has 142 valence electrons. The van der Waals surface area contributed by atoms with Crippen LogP contribution in [0.5, 0.6) is 0 Å². The number of ketones is 1. The minimum atomic E-state index is -1.85. The molecule has 0 aliphatic carbocycles. The summed E-state index contributed by atoms with van der Waals surface area (Å²) in [5, 5.41) is 13.3. The highest BCUT2D eigenvalue weighted by Gasteiger charge is 2.50. The SMILES string of the molecule is CCCN1C(=O)C(O)(CC(=O)c2ccc3ccccc3c2)c2cc(Br)ccc21. The van der Waals surface area contributed by atoms with E-state index >= 15 is 0 Å². The zero-order valence-electron chi connectivity index (χ0n) is 15.5. The Bertz CT molecular complexity index is 1090. The summed E-state index contributed by atoms with van der Waals surface area (Å²) >= 11 is 3.41. The van der Waals surface area contributed by atoms with Crippen molar-refractivity contribution in [1.82, 2.24) is 0 Å². The molecule has 0 radical (unpaired) electrons. The molecule has 0 bridgehead atoms. The Hall–Kier alpha value is -2.50. The van der Waals surface area contributed by atoms with Crippen molar-refractivity contribution in [1.29, 1.82) is 0 Å². The lowest BCUT2D eigenvalue weighted by molar-refractivity contribution is -0.135. The Morgan fingerprint density at radius 2 is 1.82 bits per heavy atom. The molecule has 0 aromatic heterocycles. The molecule has 3 aromatic rings. The minimum Gasteiger partial charge on any atom is -0.375 e. The van der Waals surface area contributed by atoms with Gasteiger partial charge in [0, 0.05) is 22.1 Å². The molecule has 1 unspecified atom stereocenters. The number of Topliss-reactive ketones (excluding diaryl/α,β-unsaturated/α-hetero) is 1. The molecule has 1 atom stereocenters. The van der Waals surface area contributed by atoms with Crippen molar-refractivity contribution in [2.45, 2.75) is 25.4 Å². The summed E-state index contributed by atoms with van der Waals surface area (Å²) in [5.74, 6) is -0.692. The van der Waals surface area contributed by atoms with Gasteiger partial charge < -0.3 is 10.0 Å². The van der Waals surface area contributed by atoms with Crippen molar-refractivity contribution in [3.05, 3.63) is 76.3 Å². The molecule has 0 saturated carbocycles. The smallest absolute Gasteiger partial charge is 0.264 e. The predicted molar refractivity (Wildman–Crippen MR) is 114 cm³/mol. The maximum Gasteiger partial charge on any atom is 0.264 e. The largest absolute Gasteiger partial charge is 0.375 e. The number of hydrogen-bond donors (Lipinski definition) is 1. The van der Waals surface area contributed by atoms with E-state index in [1.165, 1.54) is 0 Å². The van der Waals surface area contributed by atoms with Crippen molar-refractivity contribution in [3.8, 4) is 0 Å². The molecule has 28 heavy (non-hydrogen) atoms. The highest BCUT2D eigenvalue weighted by molar-refractivity contribution is 9.10. The molecule has 1 amide bonds. The van der Waals surface area contributed by atoms with Gasteiger partial charge in [0.1, 0.15) is 0 Å². The first kappa shape index (κ1) is 18.8. The van der Waals surface area contributed by atoms with E-state index < -0.39 is 11.5 Å². The van der Waals surface area contributed by atoms with Gasteiger partial charge in [0.2, 0.25) is 0 Å². The van der Waals surface area contributed by atoms with Crippen LogP contribution in [0.2, 0.25) is 0 Å². The van der Waals surface area contributed by atoms with Gasteiger partial charge in [-0.25, -0.2) is 0 Å². The number of benzene rings is 3. The van der Waals surface area contributed by atoms with E-state index in [1.54, 1.807) is 17.0 Å². The van der Waals surface area contributed by atoms with Gasteiger partial charge in [-0.15, -0.1) is 0 Å². The van der Waals surface area contributed by atoms with E-state index in [0.29, 0.717) is 23.4 Å². The van der Waals surface area contributed by atoms with Crippen LogP contribution in [0.25, 0.3) is 10.8 Å². The Kier molecular flexibility index (Phi) is 4.81. The van der Waals surface area contributed by atoms with Crippen molar-refractivity contribution in [2.75, 3.05) is 11.4 Å². The van der Waals surface area contributed by atoms with E-state index in [-0.39, 0.29) is 12.2 Å². The summed E-state index contributed by atoms with van der Waals surface area (Å²) in [6, 6.07) is 18.6. The monoisotopic (exact) mass is 437 g/mol. The molecule has 0 saturated heterocycles. The second-order valence-electron chi connectivity index (χ2n) is 7.14. The van der Waals surface area contributed by atoms with E-state index in [1.807, 2.05) is 55.5 Å². The third-order valence-electron chi connectivity index (χ3n) is 5.23.